The van der Waals surface area contributed by atoms with Gasteiger partial charge in [-0.25, -0.2) is 4.68 Å². The number of aromatic nitrogens is 5. The van der Waals surface area contributed by atoms with Crippen molar-refractivity contribution in [3.8, 4) is 11.3 Å². The van der Waals surface area contributed by atoms with Crippen molar-refractivity contribution in [2.75, 3.05) is 13.1 Å². The van der Waals surface area contributed by atoms with Crippen LogP contribution < -0.4 is 0 Å². The van der Waals surface area contributed by atoms with E-state index in [0.717, 1.165) is 28.2 Å². The molecule has 0 bridgehead atoms. The number of carbonyl (C=O) groups excluding carboxylic acids is 1. The lowest BCUT2D eigenvalue weighted by atomic mass is 10.0. The van der Waals surface area contributed by atoms with Crippen LogP contribution in [0.5, 0.6) is 0 Å². The van der Waals surface area contributed by atoms with Gasteiger partial charge in [-0.05, 0) is 13.8 Å². The standard InChI is InChI=1S/C19H22N6O/c1-13-17(14(2)23(3)21-13)9-19(26)24-10-16(11-24)25-12-18(20-22-25)15-7-5-4-6-8-15/h4-8,12,16H,9-11H2,1-3H3. The van der Waals surface area contributed by atoms with E-state index in [1.807, 2.05) is 71.7 Å². The molecule has 3 aromatic rings. The Morgan fingerprint density at radius 3 is 2.58 bits per heavy atom. The van der Waals surface area contributed by atoms with Crippen LogP contribution in [-0.4, -0.2) is 48.7 Å². The minimum Gasteiger partial charge on any atom is -0.338 e. The third-order valence-corrected chi connectivity index (χ3v) is 5.16. The number of hydrogen-bond acceptors (Lipinski definition) is 4. The van der Waals surface area contributed by atoms with E-state index in [1.165, 1.54) is 0 Å². The van der Waals surface area contributed by atoms with Crippen molar-refractivity contribution in [3.63, 3.8) is 0 Å². The van der Waals surface area contributed by atoms with Crippen LogP contribution in [-0.2, 0) is 18.3 Å². The van der Waals surface area contributed by atoms with Crippen LogP contribution >= 0.6 is 0 Å². The second-order valence-electron chi connectivity index (χ2n) is 6.85. The lowest BCUT2D eigenvalue weighted by molar-refractivity contribution is -0.136. The van der Waals surface area contributed by atoms with Gasteiger partial charge >= 0.3 is 0 Å². The molecule has 4 rings (SSSR count). The minimum atomic E-state index is 0.142. The largest absolute Gasteiger partial charge is 0.338 e. The lowest BCUT2D eigenvalue weighted by Crippen LogP contribution is -2.51. The molecule has 1 aliphatic heterocycles. The molecule has 26 heavy (non-hydrogen) atoms. The molecule has 1 fully saturated rings. The van der Waals surface area contributed by atoms with Crippen molar-refractivity contribution in [3.05, 3.63) is 53.5 Å². The average molecular weight is 350 g/mol. The molecular formula is C19H22N6O. The monoisotopic (exact) mass is 350 g/mol. The molecule has 7 nitrogen and oxygen atoms in total. The van der Waals surface area contributed by atoms with Crippen molar-refractivity contribution in [2.45, 2.75) is 26.3 Å². The van der Waals surface area contributed by atoms with Crippen LogP contribution in [0.1, 0.15) is 23.0 Å². The summed E-state index contributed by atoms with van der Waals surface area (Å²) >= 11 is 0. The molecule has 1 saturated heterocycles. The fourth-order valence-electron chi connectivity index (χ4n) is 3.36. The summed E-state index contributed by atoms with van der Waals surface area (Å²) < 4.78 is 3.70. The summed E-state index contributed by atoms with van der Waals surface area (Å²) in [6.07, 6.45) is 2.36. The number of nitrogens with zero attached hydrogens (tertiary/aromatic N) is 6. The van der Waals surface area contributed by atoms with Gasteiger partial charge in [0.15, 0.2) is 0 Å². The van der Waals surface area contributed by atoms with Crippen molar-refractivity contribution in [2.24, 2.45) is 7.05 Å². The molecule has 1 aliphatic rings. The zero-order valence-corrected chi connectivity index (χ0v) is 15.3. The van der Waals surface area contributed by atoms with E-state index in [1.54, 1.807) is 0 Å². The van der Waals surface area contributed by atoms with E-state index >= 15 is 0 Å². The molecule has 2 aromatic heterocycles. The van der Waals surface area contributed by atoms with Crippen LogP contribution in [0.2, 0.25) is 0 Å². The van der Waals surface area contributed by atoms with Crippen LogP contribution in [0.4, 0.5) is 0 Å². The molecule has 0 spiro atoms. The quantitative estimate of drug-likeness (QED) is 0.721. The van der Waals surface area contributed by atoms with Crippen molar-refractivity contribution >= 4 is 5.91 Å². The summed E-state index contributed by atoms with van der Waals surface area (Å²) in [5.41, 5.74) is 4.93. The van der Waals surface area contributed by atoms with Crippen LogP contribution in [0.15, 0.2) is 36.5 Å². The smallest absolute Gasteiger partial charge is 0.227 e. The highest BCUT2D eigenvalue weighted by Crippen LogP contribution is 2.24. The Bertz CT molecular complexity index is 936. The number of carbonyl (C=O) groups is 1. The topological polar surface area (TPSA) is 68.8 Å². The first-order valence-corrected chi connectivity index (χ1v) is 8.77. The summed E-state index contributed by atoms with van der Waals surface area (Å²) in [4.78, 5) is 14.4. The normalized spacial score (nSPS) is 14.5. The molecule has 0 saturated carbocycles. The second kappa shape index (κ2) is 6.40. The summed E-state index contributed by atoms with van der Waals surface area (Å²) in [6.45, 7) is 5.31. The van der Waals surface area contributed by atoms with E-state index < -0.39 is 0 Å². The maximum Gasteiger partial charge on any atom is 0.227 e. The second-order valence-corrected chi connectivity index (χ2v) is 6.85. The Morgan fingerprint density at radius 1 is 1.19 bits per heavy atom. The number of benzene rings is 1. The summed E-state index contributed by atoms with van der Waals surface area (Å²) in [5, 5.41) is 12.9. The van der Waals surface area contributed by atoms with Gasteiger partial charge in [-0.2, -0.15) is 5.10 Å². The van der Waals surface area contributed by atoms with E-state index in [2.05, 4.69) is 15.4 Å². The highest BCUT2D eigenvalue weighted by molar-refractivity contribution is 5.80. The van der Waals surface area contributed by atoms with Gasteiger partial charge in [0.1, 0.15) is 5.69 Å². The molecule has 1 aromatic carbocycles. The van der Waals surface area contributed by atoms with Crippen molar-refractivity contribution < 1.29 is 4.79 Å². The van der Waals surface area contributed by atoms with Gasteiger partial charge in [0.25, 0.3) is 0 Å². The lowest BCUT2D eigenvalue weighted by Gasteiger charge is -2.39. The summed E-state index contributed by atoms with van der Waals surface area (Å²) in [6, 6.07) is 10.2. The number of hydrogen-bond donors (Lipinski definition) is 0. The first kappa shape index (κ1) is 16.5. The van der Waals surface area contributed by atoms with Crippen LogP contribution in [0.25, 0.3) is 11.3 Å². The van der Waals surface area contributed by atoms with Crippen molar-refractivity contribution in [1.29, 1.82) is 0 Å². The first-order chi connectivity index (χ1) is 12.5. The highest BCUT2D eigenvalue weighted by Gasteiger charge is 2.33. The molecule has 3 heterocycles. The molecule has 0 N–H and O–H groups in total. The Hall–Kier alpha value is -2.96. The minimum absolute atomic E-state index is 0.142. The maximum absolute atomic E-state index is 12.6. The van der Waals surface area contributed by atoms with Crippen LogP contribution in [0, 0.1) is 13.8 Å². The van der Waals surface area contributed by atoms with Gasteiger partial charge < -0.3 is 4.90 Å². The predicted molar refractivity (Wildman–Crippen MR) is 97.5 cm³/mol. The Morgan fingerprint density at radius 2 is 1.92 bits per heavy atom. The Labute approximate surface area is 152 Å². The highest BCUT2D eigenvalue weighted by atomic mass is 16.2. The summed E-state index contributed by atoms with van der Waals surface area (Å²) in [7, 11) is 1.91. The average Bonchev–Trinajstić information content (AvgIpc) is 3.16. The van der Waals surface area contributed by atoms with Gasteiger partial charge in [-0.15, -0.1) is 5.10 Å². The zero-order valence-electron chi connectivity index (χ0n) is 15.3. The van der Waals surface area contributed by atoms with Gasteiger partial charge in [-0.1, -0.05) is 35.5 Å². The van der Waals surface area contributed by atoms with Gasteiger partial charge in [0.2, 0.25) is 5.91 Å². The molecule has 1 amide bonds. The predicted octanol–water partition coefficient (Wildman–Crippen LogP) is 1.92. The van der Waals surface area contributed by atoms with E-state index in [0.29, 0.717) is 19.5 Å². The maximum atomic E-state index is 12.6. The van der Waals surface area contributed by atoms with Gasteiger partial charge in [-0.3, -0.25) is 9.48 Å². The molecule has 0 aliphatic carbocycles. The molecular weight excluding hydrogens is 328 g/mol. The molecule has 0 unspecified atom stereocenters. The molecule has 7 heteroatoms. The number of rotatable bonds is 4. The van der Waals surface area contributed by atoms with Gasteiger partial charge in [0.05, 0.1) is 24.4 Å². The Kier molecular flexibility index (Phi) is 4.06. The summed E-state index contributed by atoms with van der Waals surface area (Å²) in [5.74, 6) is 0.142. The number of amides is 1. The fraction of sp³-hybridized carbons (Fsp3) is 0.368. The van der Waals surface area contributed by atoms with Crippen molar-refractivity contribution in [1.82, 2.24) is 29.7 Å². The molecule has 0 atom stereocenters. The first-order valence-electron chi connectivity index (χ1n) is 8.77. The van der Waals surface area contributed by atoms with E-state index in [-0.39, 0.29) is 11.9 Å². The SMILES string of the molecule is Cc1nn(C)c(C)c1CC(=O)N1CC(n2cc(-c3ccccc3)nn2)C1. The molecule has 0 radical (unpaired) electrons. The third-order valence-electron chi connectivity index (χ3n) is 5.16. The third kappa shape index (κ3) is 2.89. The van der Waals surface area contributed by atoms with E-state index in [4.69, 9.17) is 0 Å². The zero-order chi connectivity index (χ0) is 18.3. The molecule has 134 valence electrons. The fourth-order valence-corrected chi connectivity index (χ4v) is 3.36. The Balaban J connectivity index is 1.38. The van der Waals surface area contributed by atoms with Gasteiger partial charge in [0, 0.05) is 37.0 Å². The number of aryl methyl sites for hydroxylation is 2. The van der Waals surface area contributed by atoms with E-state index in [9.17, 15) is 4.79 Å². The number of likely N-dealkylation sites (tertiary alicyclic amines) is 1. The van der Waals surface area contributed by atoms with Crippen LogP contribution in [0.3, 0.4) is 0 Å².